The van der Waals surface area contributed by atoms with Gasteiger partial charge in [0.25, 0.3) is 5.69 Å². The van der Waals surface area contributed by atoms with Crippen LogP contribution in [0.5, 0.6) is 11.6 Å². The van der Waals surface area contributed by atoms with Crippen molar-refractivity contribution in [1.29, 1.82) is 0 Å². The first-order valence-corrected chi connectivity index (χ1v) is 9.36. The minimum Gasteiger partial charge on any atom is -0.443 e. The van der Waals surface area contributed by atoms with E-state index in [-0.39, 0.29) is 17.4 Å². The summed E-state index contributed by atoms with van der Waals surface area (Å²) in [5, 5.41) is 10.8. The van der Waals surface area contributed by atoms with E-state index in [1.807, 2.05) is 0 Å². The third-order valence-corrected chi connectivity index (χ3v) is 3.35. The Hall–Kier alpha value is -3.83. The van der Waals surface area contributed by atoms with Crippen LogP contribution in [-0.4, -0.2) is 38.3 Å². The number of carbonyl (C=O) groups excluding carboxylic acids is 2. The molecule has 32 heavy (non-hydrogen) atoms. The minimum absolute atomic E-state index is 0.236. The van der Waals surface area contributed by atoms with E-state index in [1.54, 1.807) is 41.5 Å². The van der Waals surface area contributed by atoms with E-state index in [4.69, 9.17) is 14.2 Å². The van der Waals surface area contributed by atoms with Gasteiger partial charge in [0.2, 0.25) is 5.88 Å². The highest BCUT2D eigenvalue weighted by atomic mass is 19.1. The Balaban J connectivity index is 2.39. The fraction of sp³-hybridized carbons (Fsp3) is 0.400. The normalized spacial score (nSPS) is 11.5. The first-order chi connectivity index (χ1) is 14.7. The molecule has 1 aromatic carbocycles. The summed E-state index contributed by atoms with van der Waals surface area (Å²) in [6, 6.07) is 3.88. The SMILES string of the molecule is CC(C)(C)OC(=O)N(C(=O)OC(C)(C)C)c1cc(Oc2ccc([N+](=O)[O-])cc2F)ncn1. The van der Waals surface area contributed by atoms with Gasteiger partial charge in [0, 0.05) is 12.1 Å². The molecule has 0 fully saturated rings. The number of carbonyl (C=O) groups is 2. The van der Waals surface area contributed by atoms with Crippen LogP contribution < -0.4 is 9.64 Å². The van der Waals surface area contributed by atoms with Crippen LogP contribution in [0, 0.1) is 15.9 Å². The van der Waals surface area contributed by atoms with Crippen molar-refractivity contribution >= 4 is 23.7 Å². The van der Waals surface area contributed by atoms with Crippen molar-refractivity contribution in [2.24, 2.45) is 0 Å². The molecule has 0 aliphatic heterocycles. The number of non-ortho nitro benzene ring substituents is 1. The number of benzene rings is 1. The summed E-state index contributed by atoms with van der Waals surface area (Å²) in [5.74, 6) is -1.85. The van der Waals surface area contributed by atoms with E-state index in [1.165, 1.54) is 0 Å². The van der Waals surface area contributed by atoms with Crippen molar-refractivity contribution in [1.82, 2.24) is 9.97 Å². The average molecular weight is 450 g/mol. The number of nitrogens with zero attached hydrogens (tertiary/aromatic N) is 4. The molecule has 0 bridgehead atoms. The summed E-state index contributed by atoms with van der Waals surface area (Å²) >= 11 is 0. The largest absolute Gasteiger partial charge is 0.443 e. The summed E-state index contributed by atoms with van der Waals surface area (Å²) in [4.78, 5) is 43.6. The highest BCUT2D eigenvalue weighted by molar-refractivity contribution is 6.08. The lowest BCUT2D eigenvalue weighted by Crippen LogP contribution is -2.44. The standard InChI is InChI=1S/C20H23FN4O7/c1-19(2,3)31-17(26)24(18(27)32-20(4,5)6)15-10-16(23-11-22-15)30-14-8-7-12(25(28)29)9-13(14)21/h7-11H,1-6H3. The lowest BCUT2D eigenvalue weighted by atomic mass is 10.2. The van der Waals surface area contributed by atoms with E-state index in [0.29, 0.717) is 11.0 Å². The van der Waals surface area contributed by atoms with Gasteiger partial charge in [0.05, 0.1) is 11.0 Å². The highest BCUT2D eigenvalue weighted by Gasteiger charge is 2.34. The number of amides is 2. The molecule has 0 aliphatic rings. The summed E-state index contributed by atoms with van der Waals surface area (Å²) < 4.78 is 30.0. The summed E-state index contributed by atoms with van der Waals surface area (Å²) in [6.07, 6.45) is -1.13. The summed E-state index contributed by atoms with van der Waals surface area (Å²) in [6.45, 7) is 9.69. The Morgan fingerprint density at radius 2 is 1.56 bits per heavy atom. The van der Waals surface area contributed by atoms with E-state index >= 15 is 0 Å². The first-order valence-electron chi connectivity index (χ1n) is 9.36. The first kappa shape index (κ1) is 24.4. The topological polar surface area (TPSA) is 134 Å². The highest BCUT2D eigenvalue weighted by Crippen LogP contribution is 2.28. The maximum atomic E-state index is 14.2. The number of imide groups is 1. The molecule has 12 heteroatoms. The van der Waals surface area contributed by atoms with Crippen LogP contribution >= 0.6 is 0 Å². The molecule has 2 rings (SSSR count). The zero-order chi connectivity index (χ0) is 24.3. The second-order valence-corrected chi connectivity index (χ2v) is 8.48. The van der Waals surface area contributed by atoms with Gasteiger partial charge in [-0.15, -0.1) is 0 Å². The molecule has 0 spiro atoms. The van der Waals surface area contributed by atoms with Crippen molar-refractivity contribution < 1.29 is 33.1 Å². The van der Waals surface area contributed by atoms with Crippen molar-refractivity contribution in [3.63, 3.8) is 0 Å². The Kier molecular flexibility index (Phi) is 6.97. The maximum Gasteiger partial charge on any atom is 0.425 e. The summed E-state index contributed by atoms with van der Waals surface area (Å²) in [7, 11) is 0. The number of anilines is 1. The van der Waals surface area contributed by atoms with Gasteiger partial charge in [0.15, 0.2) is 17.4 Å². The molecule has 2 aromatic rings. The molecular weight excluding hydrogens is 427 g/mol. The lowest BCUT2D eigenvalue weighted by molar-refractivity contribution is -0.385. The number of halogens is 1. The van der Waals surface area contributed by atoms with Gasteiger partial charge in [-0.3, -0.25) is 10.1 Å². The molecule has 1 heterocycles. The van der Waals surface area contributed by atoms with Crippen LogP contribution in [0.15, 0.2) is 30.6 Å². The Morgan fingerprint density at radius 3 is 2.03 bits per heavy atom. The predicted molar refractivity (Wildman–Crippen MR) is 110 cm³/mol. The molecule has 0 aliphatic carbocycles. The third-order valence-electron chi connectivity index (χ3n) is 3.35. The summed E-state index contributed by atoms with van der Waals surface area (Å²) in [5.41, 5.74) is -2.31. The predicted octanol–water partition coefficient (Wildman–Crippen LogP) is 4.99. The number of aromatic nitrogens is 2. The number of ether oxygens (including phenoxy) is 3. The van der Waals surface area contributed by atoms with Crippen molar-refractivity contribution in [3.05, 3.63) is 46.5 Å². The van der Waals surface area contributed by atoms with Crippen LogP contribution in [0.2, 0.25) is 0 Å². The molecule has 0 saturated carbocycles. The minimum atomic E-state index is -1.06. The molecule has 0 unspecified atom stereocenters. The van der Waals surface area contributed by atoms with Crippen LogP contribution in [-0.2, 0) is 9.47 Å². The average Bonchev–Trinajstić information content (AvgIpc) is 2.60. The Bertz CT molecular complexity index is 1000. The monoisotopic (exact) mass is 450 g/mol. The van der Waals surface area contributed by atoms with Gasteiger partial charge in [-0.2, -0.15) is 4.90 Å². The lowest BCUT2D eigenvalue weighted by Gasteiger charge is -2.28. The number of nitro groups is 1. The molecule has 172 valence electrons. The smallest absolute Gasteiger partial charge is 0.425 e. The van der Waals surface area contributed by atoms with Crippen LogP contribution in [0.1, 0.15) is 41.5 Å². The number of rotatable bonds is 4. The van der Waals surface area contributed by atoms with Crippen molar-refractivity contribution in [3.8, 4) is 11.6 Å². The molecule has 2 amide bonds. The second-order valence-electron chi connectivity index (χ2n) is 8.48. The zero-order valence-corrected chi connectivity index (χ0v) is 18.4. The third kappa shape index (κ3) is 6.86. The van der Waals surface area contributed by atoms with Crippen molar-refractivity contribution in [2.75, 3.05) is 4.90 Å². The van der Waals surface area contributed by atoms with E-state index in [0.717, 1.165) is 24.5 Å². The van der Waals surface area contributed by atoms with Gasteiger partial charge in [-0.05, 0) is 47.6 Å². The molecular formula is C20H23FN4O7. The Labute approximate surface area is 183 Å². The molecule has 0 saturated heterocycles. The van der Waals surface area contributed by atoms with Crippen molar-refractivity contribution in [2.45, 2.75) is 52.7 Å². The van der Waals surface area contributed by atoms with Gasteiger partial charge in [-0.1, -0.05) is 0 Å². The maximum absolute atomic E-state index is 14.2. The van der Waals surface area contributed by atoms with E-state index in [2.05, 4.69) is 9.97 Å². The molecule has 0 N–H and O–H groups in total. The van der Waals surface area contributed by atoms with E-state index < -0.39 is 39.8 Å². The second kappa shape index (κ2) is 9.12. The molecule has 1 aromatic heterocycles. The number of hydrogen-bond acceptors (Lipinski definition) is 9. The molecule has 11 nitrogen and oxygen atoms in total. The van der Waals surface area contributed by atoms with Gasteiger partial charge in [-0.25, -0.2) is 23.9 Å². The fourth-order valence-electron chi connectivity index (χ4n) is 2.18. The quantitative estimate of drug-likeness (QED) is 0.466. The molecule has 0 atom stereocenters. The van der Waals surface area contributed by atoms with Gasteiger partial charge >= 0.3 is 12.2 Å². The van der Waals surface area contributed by atoms with Crippen LogP contribution in [0.4, 0.5) is 25.5 Å². The fourth-order valence-corrected chi connectivity index (χ4v) is 2.18. The van der Waals surface area contributed by atoms with Crippen LogP contribution in [0.25, 0.3) is 0 Å². The van der Waals surface area contributed by atoms with Crippen LogP contribution in [0.3, 0.4) is 0 Å². The van der Waals surface area contributed by atoms with Gasteiger partial charge in [0.1, 0.15) is 17.5 Å². The zero-order valence-electron chi connectivity index (χ0n) is 18.4. The number of nitro benzene ring substituents is 1. The number of hydrogen-bond donors (Lipinski definition) is 0. The Morgan fingerprint density at radius 1 is 1.00 bits per heavy atom. The van der Waals surface area contributed by atoms with Gasteiger partial charge < -0.3 is 14.2 Å². The van der Waals surface area contributed by atoms with E-state index in [9.17, 15) is 24.1 Å². The molecule has 0 radical (unpaired) electrons.